The van der Waals surface area contributed by atoms with E-state index < -0.39 is 0 Å². The van der Waals surface area contributed by atoms with Crippen molar-refractivity contribution in [2.24, 2.45) is 0 Å². The van der Waals surface area contributed by atoms with E-state index in [1.54, 1.807) is 18.3 Å². The summed E-state index contributed by atoms with van der Waals surface area (Å²) in [6, 6.07) is 11.3. The van der Waals surface area contributed by atoms with Crippen LogP contribution in [0.3, 0.4) is 0 Å². The number of halogens is 1. The quantitative estimate of drug-likeness (QED) is 0.748. The van der Waals surface area contributed by atoms with Gasteiger partial charge in [0.2, 0.25) is 0 Å². The SMILES string of the molecule is Cc1ccc(-c2cc(Cl)cc(C#N)c2)cn1. The van der Waals surface area contributed by atoms with Gasteiger partial charge in [-0.05, 0) is 36.8 Å². The van der Waals surface area contributed by atoms with Crippen molar-refractivity contribution in [2.75, 3.05) is 0 Å². The normalized spacial score (nSPS) is 9.81. The Morgan fingerprint density at radius 1 is 1.19 bits per heavy atom. The zero-order valence-electron chi connectivity index (χ0n) is 8.74. The molecule has 0 unspecified atom stereocenters. The van der Waals surface area contributed by atoms with E-state index in [4.69, 9.17) is 16.9 Å². The number of aromatic nitrogens is 1. The third kappa shape index (κ3) is 2.21. The van der Waals surface area contributed by atoms with Crippen molar-refractivity contribution >= 4 is 11.6 Å². The van der Waals surface area contributed by atoms with Crippen LogP contribution in [0.4, 0.5) is 0 Å². The van der Waals surface area contributed by atoms with Crippen LogP contribution in [-0.2, 0) is 0 Å². The van der Waals surface area contributed by atoms with Gasteiger partial charge in [0.15, 0.2) is 0 Å². The largest absolute Gasteiger partial charge is 0.261 e. The molecule has 0 saturated carbocycles. The van der Waals surface area contributed by atoms with Crippen molar-refractivity contribution in [1.29, 1.82) is 5.26 Å². The summed E-state index contributed by atoms with van der Waals surface area (Å²) in [6.45, 7) is 1.93. The van der Waals surface area contributed by atoms with Crippen LogP contribution in [0.25, 0.3) is 11.1 Å². The van der Waals surface area contributed by atoms with Gasteiger partial charge in [-0.3, -0.25) is 4.98 Å². The van der Waals surface area contributed by atoms with Gasteiger partial charge in [-0.2, -0.15) is 5.26 Å². The molecule has 1 aromatic heterocycles. The predicted octanol–water partition coefficient (Wildman–Crippen LogP) is 3.58. The van der Waals surface area contributed by atoms with Gasteiger partial charge in [0.25, 0.3) is 0 Å². The smallest absolute Gasteiger partial charge is 0.0992 e. The number of nitriles is 1. The molecule has 0 bridgehead atoms. The fourth-order valence-electron chi connectivity index (χ4n) is 1.46. The summed E-state index contributed by atoms with van der Waals surface area (Å²) in [6.07, 6.45) is 1.78. The molecule has 1 aromatic carbocycles. The summed E-state index contributed by atoms with van der Waals surface area (Å²) in [4.78, 5) is 4.21. The standard InChI is InChI=1S/C13H9ClN2/c1-9-2-3-11(8-16-9)12-4-10(7-15)5-13(14)6-12/h2-6,8H,1H3. The summed E-state index contributed by atoms with van der Waals surface area (Å²) in [5, 5.41) is 9.42. The maximum atomic E-state index is 8.85. The van der Waals surface area contributed by atoms with Crippen LogP contribution in [0.5, 0.6) is 0 Å². The van der Waals surface area contributed by atoms with Crippen LogP contribution >= 0.6 is 11.6 Å². The summed E-state index contributed by atoms with van der Waals surface area (Å²) < 4.78 is 0. The van der Waals surface area contributed by atoms with Gasteiger partial charge in [0.05, 0.1) is 11.6 Å². The van der Waals surface area contributed by atoms with Crippen molar-refractivity contribution in [2.45, 2.75) is 6.92 Å². The Kier molecular flexibility index (Phi) is 2.89. The fourth-order valence-corrected chi connectivity index (χ4v) is 1.69. The first-order valence-corrected chi connectivity index (χ1v) is 5.20. The van der Waals surface area contributed by atoms with Gasteiger partial charge in [-0.25, -0.2) is 0 Å². The minimum atomic E-state index is 0.558. The van der Waals surface area contributed by atoms with E-state index in [2.05, 4.69) is 11.1 Å². The van der Waals surface area contributed by atoms with Crippen LogP contribution in [0.1, 0.15) is 11.3 Å². The Morgan fingerprint density at radius 3 is 2.62 bits per heavy atom. The molecule has 0 saturated heterocycles. The summed E-state index contributed by atoms with van der Waals surface area (Å²) in [5.74, 6) is 0. The molecule has 0 spiro atoms. The van der Waals surface area contributed by atoms with Crippen molar-refractivity contribution in [3.8, 4) is 17.2 Å². The van der Waals surface area contributed by atoms with Crippen LogP contribution in [-0.4, -0.2) is 4.98 Å². The monoisotopic (exact) mass is 228 g/mol. The second-order valence-corrected chi connectivity index (χ2v) is 3.97. The van der Waals surface area contributed by atoms with E-state index in [9.17, 15) is 0 Å². The number of nitrogens with zero attached hydrogens (tertiary/aromatic N) is 2. The van der Waals surface area contributed by atoms with Crippen molar-refractivity contribution in [3.05, 3.63) is 52.8 Å². The second-order valence-electron chi connectivity index (χ2n) is 3.53. The summed E-state index contributed by atoms with van der Waals surface area (Å²) in [5.41, 5.74) is 3.40. The third-order valence-corrected chi connectivity index (χ3v) is 2.49. The molecule has 0 aliphatic heterocycles. The molecule has 0 atom stereocenters. The summed E-state index contributed by atoms with van der Waals surface area (Å²) >= 11 is 5.94. The molecule has 1 heterocycles. The van der Waals surface area contributed by atoms with Crippen LogP contribution in [0.2, 0.25) is 5.02 Å². The van der Waals surface area contributed by atoms with E-state index in [1.807, 2.05) is 25.1 Å². The molecular weight excluding hydrogens is 220 g/mol. The number of benzene rings is 1. The Morgan fingerprint density at radius 2 is 2.00 bits per heavy atom. The molecule has 0 amide bonds. The molecule has 0 aliphatic rings. The molecule has 0 aliphatic carbocycles. The van der Waals surface area contributed by atoms with E-state index in [-0.39, 0.29) is 0 Å². The average molecular weight is 229 g/mol. The molecule has 2 aromatic rings. The lowest BCUT2D eigenvalue weighted by Gasteiger charge is -2.03. The highest BCUT2D eigenvalue weighted by atomic mass is 35.5. The van der Waals surface area contributed by atoms with E-state index in [0.717, 1.165) is 16.8 Å². The molecule has 78 valence electrons. The topological polar surface area (TPSA) is 36.7 Å². The highest BCUT2D eigenvalue weighted by molar-refractivity contribution is 6.31. The molecule has 2 nitrogen and oxygen atoms in total. The minimum Gasteiger partial charge on any atom is -0.261 e. The first-order chi connectivity index (χ1) is 7.69. The van der Waals surface area contributed by atoms with Crippen molar-refractivity contribution in [1.82, 2.24) is 4.98 Å². The van der Waals surface area contributed by atoms with Crippen molar-refractivity contribution < 1.29 is 0 Å². The third-order valence-electron chi connectivity index (χ3n) is 2.27. The minimum absolute atomic E-state index is 0.558. The molecule has 16 heavy (non-hydrogen) atoms. The number of rotatable bonds is 1. The van der Waals surface area contributed by atoms with E-state index in [0.29, 0.717) is 10.6 Å². The predicted molar refractivity (Wildman–Crippen MR) is 64.1 cm³/mol. The van der Waals surface area contributed by atoms with Crippen LogP contribution in [0, 0.1) is 18.3 Å². The first-order valence-electron chi connectivity index (χ1n) is 4.83. The fraction of sp³-hybridized carbons (Fsp3) is 0.0769. The number of hydrogen-bond donors (Lipinski definition) is 0. The van der Waals surface area contributed by atoms with Gasteiger partial charge >= 0.3 is 0 Å². The van der Waals surface area contributed by atoms with Gasteiger partial charge in [0.1, 0.15) is 0 Å². The maximum absolute atomic E-state index is 8.85. The average Bonchev–Trinajstić information content (AvgIpc) is 2.29. The lowest BCUT2D eigenvalue weighted by atomic mass is 10.1. The van der Waals surface area contributed by atoms with Crippen molar-refractivity contribution in [3.63, 3.8) is 0 Å². The Balaban J connectivity index is 2.52. The molecule has 0 N–H and O–H groups in total. The lowest BCUT2D eigenvalue weighted by Crippen LogP contribution is -1.84. The highest BCUT2D eigenvalue weighted by Crippen LogP contribution is 2.24. The van der Waals surface area contributed by atoms with E-state index in [1.165, 1.54) is 0 Å². The molecular formula is C13H9ClN2. The number of hydrogen-bond acceptors (Lipinski definition) is 2. The maximum Gasteiger partial charge on any atom is 0.0992 e. The van der Waals surface area contributed by atoms with Gasteiger partial charge in [-0.15, -0.1) is 0 Å². The Labute approximate surface area is 99.1 Å². The summed E-state index contributed by atoms with van der Waals surface area (Å²) in [7, 11) is 0. The molecule has 0 radical (unpaired) electrons. The highest BCUT2D eigenvalue weighted by Gasteiger charge is 2.02. The number of aryl methyl sites for hydroxylation is 1. The zero-order chi connectivity index (χ0) is 11.5. The first kappa shape index (κ1) is 10.7. The second kappa shape index (κ2) is 4.34. The molecule has 3 heteroatoms. The van der Waals surface area contributed by atoms with Crippen LogP contribution < -0.4 is 0 Å². The molecule has 2 rings (SSSR count). The van der Waals surface area contributed by atoms with Gasteiger partial charge < -0.3 is 0 Å². The van der Waals surface area contributed by atoms with Crippen LogP contribution in [0.15, 0.2) is 36.5 Å². The Bertz CT molecular complexity index is 553. The van der Waals surface area contributed by atoms with E-state index >= 15 is 0 Å². The molecule has 0 fully saturated rings. The van der Waals surface area contributed by atoms with Gasteiger partial charge in [0, 0.05) is 22.5 Å². The number of pyridine rings is 1. The lowest BCUT2D eigenvalue weighted by molar-refractivity contribution is 1.20. The zero-order valence-corrected chi connectivity index (χ0v) is 9.49. The Hall–Kier alpha value is -1.85. The van der Waals surface area contributed by atoms with Gasteiger partial charge in [-0.1, -0.05) is 17.7 Å².